The Morgan fingerprint density at radius 1 is 1.07 bits per heavy atom. The van der Waals surface area contributed by atoms with Crippen molar-refractivity contribution in [2.75, 3.05) is 6.54 Å². The minimum Gasteiger partial charge on any atom is -0.323 e. The molecule has 3 rings (SSSR count). The van der Waals surface area contributed by atoms with Crippen molar-refractivity contribution >= 4 is 0 Å². The molecule has 2 N–H and O–H groups in total. The van der Waals surface area contributed by atoms with Crippen LogP contribution in [0.25, 0.3) is 0 Å². The lowest BCUT2D eigenvalue weighted by Gasteiger charge is -2.49. The van der Waals surface area contributed by atoms with Crippen molar-refractivity contribution in [3.63, 3.8) is 0 Å². The smallest absolute Gasteiger partial charge is 0.323 e. The minimum absolute atomic E-state index is 0.0653. The number of nitrogens with two attached hydrogens (primary N) is 1. The second-order valence-corrected chi connectivity index (χ2v) is 7.31. The van der Waals surface area contributed by atoms with Gasteiger partial charge in [-0.2, -0.15) is 13.2 Å². The van der Waals surface area contributed by atoms with Crippen molar-refractivity contribution in [1.82, 2.24) is 4.90 Å². The van der Waals surface area contributed by atoms with E-state index in [0.717, 1.165) is 38.3 Å². The van der Waals surface area contributed by atoms with E-state index in [9.17, 15) is 13.2 Å². The topological polar surface area (TPSA) is 29.3 Å². The van der Waals surface area contributed by atoms with E-state index < -0.39 is 17.8 Å². The van der Waals surface area contributed by atoms with Crippen molar-refractivity contribution in [3.05, 3.63) is 71.3 Å². The van der Waals surface area contributed by atoms with Crippen LogP contribution in [0.4, 0.5) is 13.2 Å². The Morgan fingerprint density at radius 2 is 1.78 bits per heavy atom. The van der Waals surface area contributed by atoms with Crippen molar-refractivity contribution in [2.24, 2.45) is 5.73 Å². The van der Waals surface area contributed by atoms with Crippen molar-refractivity contribution in [1.29, 1.82) is 0 Å². The Labute approximate surface area is 159 Å². The molecule has 0 aliphatic carbocycles. The van der Waals surface area contributed by atoms with E-state index in [1.807, 2.05) is 18.2 Å². The van der Waals surface area contributed by atoms with E-state index in [0.29, 0.717) is 5.56 Å². The van der Waals surface area contributed by atoms with E-state index in [2.05, 4.69) is 24.0 Å². The summed E-state index contributed by atoms with van der Waals surface area (Å²) in [5, 5.41) is 0. The molecule has 1 fully saturated rings. The Hall–Kier alpha value is -1.85. The zero-order valence-electron chi connectivity index (χ0n) is 15.6. The third-order valence-electron chi connectivity index (χ3n) is 5.54. The van der Waals surface area contributed by atoms with Gasteiger partial charge in [-0.3, -0.25) is 4.90 Å². The van der Waals surface area contributed by atoms with E-state index in [-0.39, 0.29) is 12.1 Å². The van der Waals surface area contributed by atoms with Crippen LogP contribution in [0.5, 0.6) is 0 Å². The molecule has 2 aromatic carbocycles. The van der Waals surface area contributed by atoms with Gasteiger partial charge in [0.2, 0.25) is 0 Å². The highest BCUT2D eigenvalue weighted by Crippen LogP contribution is 2.39. The van der Waals surface area contributed by atoms with Crippen LogP contribution in [0, 0.1) is 0 Å². The summed E-state index contributed by atoms with van der Waals surface area (Å²) in [5.74, 6) is 0. The third-order valence-corrected chi connectivity index (χ3v) is 5.54. The number of hydrogen-bond acceptors (Lipinski definition) is 2. The Balaban J connectivity index is 1.80. The quantitative estimate of drug-likeness (QED) is 0.670. The lowest BCUT2D eigenvalue weighted by atomic mass is 9.85. The molecule has 1 aliphatic heterocycles. The second kappa shape index (κ2) is 8.44. The molecule has 27 heavy (non-hydrogen) atoms. The molecule has 1 aliphatic rings. The fraction of sp³-hybridized carbons (Fsp3) is 0.455. The highest BCUT2D eigenvalue weighted by Gasteiger charge is 2.39. The Bertz CT molecular complexity index is 730. The number of likely N-dealkylation sites (tertiary alicyclic amines) is 1. The standard InChI is InChI=1S/C22H27F3N2/c1-2-3-12-19(16-8-5-4-6-9-16)27-14-13-20(27)21(26)17-10-7-11-18(15-17)22(23,24)25/h4-11,15,19-21H,2-3,12-14,26H2,1H3/t19?,20-,21-/m0/s1. The van der Waals surface area contributed by atoms with Crippen LogP contribution in [0.1, 0.15) is 61.4 Å². The monoisotopic (exact) mass is 376 g/mol. The molecule has 0 saturated carbocycles. The average Bonchev–Trinajstić information content (AvgIpc) is 2.64. The van der Waals surface area contributed by atoms with Gasteiger partial charge in [0.25, 0.3) is 0 Å². The van der Waals surface area contributed by atoms with Crippen LogP contribution in [-0.2, 0) is 6.18 Å². The highest BCUT2D eigenvalue weighted by atomic mass is 19.4. The molecule has 0 radical (unpaired) electrons. The summed E-state index contributed by atoms with van der Waals surface area (Å²) in [6, 6.07) is 15.7. The summed E-state index contributed by atoms with van der Waals surface area (Å²) in [7, 11) is 0. The molecule has 1 unspecified atom stereocenters. The van der Waals surface area contributed by atoms with Crippen LogP contribution in [-0.4, -0.2) is 17.5 Å². The van der Waals surface area contributed by atoms with E-state index in [1.54, 1.807) is 6.07 Å². The molecule has 146 valence electrons. The first-order valence-electron chi connectivity index (χ1n) is 9.65. The van der Waals surface area contributed by atoms with Gasteiger partial charge in [-0.15, -0.1) is 0 Å². The summed E-state index contributed by atoms with van der Waals surface area (Å²) >= 11 is 0. The Morgan fingerprint density at radius 3 is 2.37 bits per heavy atom. The largest absolute Gasteiger partial charge is 0.416 e. The first-order chi connectivity index (χ1) is 12.9. The molecular formula is C22H27F3N2. The number of nitrogens with zero attached hydrogens (tertiary/aromatic N) is 1. The van der Waals surface area contributed by atoms with Gasteiger partial charge in [-0.25, -0.2) is 0 Å². The molecule has 1 heterocycles. The fourth-order valence-electron chi connectivity index (χ4n) is 3.94. The fourth-order valence-corrected chi connectivity index (χ4v) is 3.94. The summed E-state index contributed by atoms with van der Waals surface area (Å²) in [4.78, 5) is 2.37. The van der Waals surface area contributed by atoms with Gasteiger partial charge in [0, 0.05) is 24.7 Å². The van der Waals surface area contributed by atoms with Gasteiger partial charge in [-0.1, -0.05) is 62.2 Å². The molecule has 3 atom stereocenters. The molecule has 1 saturated heterocycles. The number of benzene rings is 2. The number of hydrogen-bond donors (Lipinski definition) is 1. The lowest BCUT2D eigenvalue weighted by molar-refractivity contribution is -0.137. The predicted octanol–water partition coefficient (Wildman–Crippen LogP) is 5.71. The van der Waals surface area contributed by atoms with E-state index >= 15 is 0 Å². The first-order valence-corrected chi connectivity index (χ1v) is 9.65. The molecule has 0 aromatic heterocycles. The number of halogens is 3. The summed E-state index contributed by atoms with van der Waals surface area (Å²) < 4.78 is 39.1. The van der Waals surface area contributed by atoms with Gasteiger partial charge >= 0.3 is 6.18 Å². The maximum atomic E-state index is 13.0. The summed E-state index contributed by atoms with van der Waals surface area (Å²) in [5.41, 5.74) is 7.62. The third kappa shape index (κ3) is 4.53. The first kappa shape index (κ1) is 19.9. The van der Waals surface area contributed by atoms with Gasteiger partial charge in [0.05, 0.1) is 5.56 Å². The van der Waals surface area contributed by atoms with Gasteiger partial charge in [0.15, 0.2) is 0 Å². The molecule has 2 nitrogen and oxygen atoms in total. The summed E-state index contributed by atoms with van der Waals surface area (Å²) in [6.07, 6.45) is -0.176. The molecular weight excluding hydrogens is 349 g/mol. The lowest BCUT2D eigenvalue weighted by Crippen LogP contribution is -2.54. The maximum Gasteiger partial charge on any atom is 0.416 e. The van der Waals surface area contributed by atoms with Gasteiger partial charge in [-0.05, 0) is 36.1 Å². The molecule has 0 spiro atoms. The van der Waals surface area contributed by atoms with E-state index in [1.165, 1.54) is 17.7 Å². The maximum absolute atomic E-state index is 13.0. The molecule has 0 bridgehead atoms. The molecule has 5 heteroatoms. The summed E-state index contributed by atoms with van der Waals surface area (Å²) in [6.45, 7) is 3.10. The van der Waals surface area contributed by atoms with Crippen molar-refractivity contribution < 1.29 is 13.2 Å². The predicted molar refractivity (Wildman–Crippen MR) is 102 cm³/mol. The molecule has 0 amide bonds. The van der Waals surface area contributed by atoms with Gasteiger partial charge in [0.1, 0.15) is 0 Å². The number of rotatable bonds is 7. The molecule has 2 aromatic rings. The van der Waals surface area contributed by atoms with Gasteiger partial charge < -0.3 is 5.73 Å². The minimum atomic E-state index is -4.34. The highest BCUT2D eigenvalue weighted by molar-refractivity contribution is 5.30. The van der Waals surface area contributed by atoms with Crippen LogP contribution >= 0.6 is 0 Å². The zero-order chi connectivity index (χ0) is 19.4. The normalized spacial score (nSPS) is 20.1. The zero-order valence-corrected chi connectivity index (χ0v) is 15.6. The van der Waals surface area contributed by atoms with Crippen LogP contribution < -0.4 is 5.73 Å². The van der Waals surface area contributed by atoms with Crippen molar-refractivity contribution in [2.45, 2.75) is 56.9 Å². The SMILES string of the molecule is CCCCC(c1ccccc1)N1CC[C@H]1[C@@H](N)c1cccc(C(F)(F)F)c1. The number of alkyl halides is 3. The second-order valence-electron chi connectivity index (χ2n) is 7.31. The van der Waals surface area contributed by atoms with Crippen LogP contribution in [0.15, 0.2) is 54.6 Å². The van der Waals surface area contributed by atoms with Crippen molar-refractivity contribution in [3.8, 4) is 0 Å². The van der Waals surface area contributed by atoms with Crippen LogP contribution in [0.2, 0.25) is 0 Å². The van der Waals surface area contributed by atoms with E-state index in [4.69, 9.17) is 5.73 Å². The Kier molecular flexibility index (Phi) is 6.22. The average molecular weight is 376 g/mol. The van der Waals surface area contributed by atoms with Crippen LogP contribution in [0.3, 0.4) is 0 Å². The number of unbranched alkanes of at least 4 members (excludes halogenated alkanes) is 1.